The topological polar surface area (TPSA) is 15.3 Å². The van der Waals surface area contributed by atoms with Crippen molar-refractivity contribution < 1.29 is 0 Å². The number of nitrogens with one attached hydrogen (secondary N) is 1. The van der Waals surface area contributed by atoms with E-state index in [0.717, 1.165) is 13.1 Å². The first-order valence-corrected chi connectivity index (χ1v) is 7.14. The molecular weight excluding hydrogens is 220 g/mol. The van der Waals surface area contributed by atoms with Gasteiger partial charge in [0.1, 0.15) is 0 Å². The molecule has 2 heteroatoms. The van der Waals surface area contributed by atoms with Gasteiger partial charge in [-0.15, -0.1) is 0 Å². The molecule has 0 radical (unpaired) electrons. The molecule has 1 aliphatic heterocycles. The van der Waals surface area contributed by atoms with E-state index in [-0.39, 0.29) is 0 Å². The Bertz CT molecular complexity index is 368. The SMILES string of the molecule is Cc1cc(C)cc(N2CCC(C)NC(C)CC2)c1. The summed E-state index contributed by atoms with van der Waals surface area (Å²) in [5.41, 5.74) is 4.13. The van der Waals surface area contributed by atoms with Crippen LogP contribution >= 0.6 is 0 Å². The molecule has 1 aromatic carbocycles. The van der Waals surface area contributed by atoms with E-state index in [0.29, 0.717) is 12.1 Å². The molecule has 2 rings (SSSR count). The maximum atomic E-state index is 3.65. The third kappa shape index (κ3) is 3.49. The van der Waals surface area contributed by atoms with E-state index in [1.807, 2.05) is 0 Å². The first kappa shape index (κ1) is 13.4. The fourth-order valence-corrected chi connectivity index (χ4v) is 2.85. The largest absolute Gasteiger partial charge is 0.371 e. The molecule has 1 saturated heterocycles. The molecule has 0 amide bonds. The van der Waals surface area contributed by atoms with Gasteiger partial charge in [0, 0.05) is 30.9 Å². The number of rotatable bonds is 1. The van der Waals surface area contributed by atoms with Gasteiger partial charge < -0.3 is 10.2 Å². The number of anilines is 1. The predicted molar refractivity (Wildman–Crippen MR) is 79.4 cm³/mol. The van der Waals surface area contributed by atoms with Crippen LogP contribution in [0.3, 0.4) is 0 Å². The monoisotopic (exact) mass is 246 g/mol. The Morgan fingerprint density at radius 3 is 1.94 bits per heavy atom. The highest BCUT2D eigenvalue weighted by Crippen LogP contribution is 2.21. The Labute approximate surface area is 111 Å². The molecule has 2 atom stereocenters. The lowest BCUT2D eigenvalue weighted by atomic mass is 10.1. The first-order chi connectivity index (χ1) is 8.54. The number of benzene rings is 1. The molecule has 2 unspecified atom stereocenters. The van der Waals surface area contributed by atoms with E-state index >= 15 is 0 Å². The number of nitrogens with zero attached hydrogens (tertiary/aromatic N) is 1. The molecule has 18 heavy (non-hydrogen) atoms. The second-order valence-electron chi connectivity index (χ2n) is 5.88. The van der Waals surface area contributed by atoms with Gasteiger partial charge in [-0.3, -0.25) is 0 Å². The molecule has 0 aromatic heterocycles. The third-order valence-corrected chi connectivity index (χ3v) is 3.80. The fraction of sp³-hybridized carbons (Fsp3) is 0.625. The number of hydrogen-bond acceptors (Lipinski definition) is 2. The summed E-state index contributed by atoms with van der Waals surface area (Å²) in [7, 11) is 0. The van der Waals surface area contributed by atoms with Crippen molar-refractivity contribution in [3.05, 3.63) is 29.3 Å². The molecule has 0 bridgehead atoms. The highest BCUT2D eigenvalue weighted by atomic mass is 15.1. The van der Waals surface area contributed by atoms with Gasteiger partial charge in [0.25, 0.3) is 0 Å². The molecule has 100 valence electrons. The molecule has 1 aliphatic rings. The first-order valence-electron chi connectivity index (χ1n) is 7.14. The number of aryl methyl sites for hydroxylation is 2. The lowest BCUT2D eigenvalue weighted by Crippen LogP contribution is -2.43. The van der Waals surface area contributed by atoms with Crippen LogP contribution in [0, 0.1) is 13.8 Å². The highest BCUT2D eigenvalue weighted by Gasteiger charge is 2.16. The van der Waals surface area contributed by atoms with Crippen LogP contribution in [0.25, 0.3) is 0 Å². The zero-order chi connectivity index (χ0) is 13.1. The van der Waals surface area contributed by atoms with Crippen LogP contribution < -0.4 is 10.2 Å². The zero-order valence-electron chi connectivity index (χ0n) is 12.2. The van der Waals surface area contributed by atoms with Crippen LogP contribution in [0.2, 0.25) is 0 Å². The molecule has 1 N–H and O–H groups in total. The Hall–Kier alpha value is -1.02. The van der Waals surface area contributed by atoms with Crippen molar-refractivity contribution in [2.24, 2.45) is 0 Å². The van der Waals surface area contributed by atoms with Crippen LogP contribution in [0.15, 0.2) is 18.2 Å². The molecule has 0 spiro atoms. The second-order valence-corrected chi connectivity index (χ2v) is 5.88. The van der Waals surface area contributed by atoms with Gasteiger partial charge in [0.15, 0.2) is 0 Å². The second kappa shape index (κ2) is 5.75. The molecule has 0 saturated carbocycles. The zero-order valence-corrected chi connectivity index (χ0v) is 12.2. The van der Waals surface area contributed by atoms with Crippen molar-refractivity contribution in [2.75, 3.05) is 18.0 Å². The van der Waals surface area contributed by atoms with Gasteiger partial charge in [-0.25, -0.2) is 0 Å². The van der Waals surface area contributed by atoms with Crippen LogP contribution in [0.4, 0.5) is 5.69 Å². The summed E-state index contributed by atoms with van der Waals surface area (Å²) in [6.07, 6.45) is 2.44. The van der Waals surface area contributed by atoms with Crippen molar-refractivity contribution in [1.82, 2.24) is 5.32 Å². The maximum Gasteiger partial charge on any atom is 0.0371 e. The summed E-state index contributed by atoms with van der Waals surface area (Å²) in [6.45, 7) is 11.3. The van der Waals surface area contributed by atoms with Crippen molar-refractivity contribution in [3.8, 4) is 0 Å². The minimum atomic E-state index is 0.619. The van der Waals surface area contributed by atoms with Crippen molar-refractivity contribution >= 4 is 5.69 Å². The van der Waals surface area contributed by atoms with Crippen molar-refractivity contribution in [1.29, 1.82) is 0 Å². The van der Waals surface area contributed by atoms with Crippen LogP contribution in [-0.4, -0.2) is 25.2 Å². The summed E-state index contributed by atoms with van der Waals surface area (Å²) in [6, 6.07) is 8.12. The predicted octanol–water partition coefficient (Wildman–Crippen LogP) is 3.27. The minimum Gasteiger partial charge on any atom is -0.371 e. The summed E-state index contributed by atoms with van der Waals surface area (Å²) in [5, 5.41) is 3.65. The molecule has 1 aromatic rings. The summed E-state index contributed by atoms with van der Waals surface area (Å²) < 4.78 is 0. The smallest absolute Gasteiger partial charge is 0.0371 e. The van der Waals surface area contributed by atoms with E-state index in [9.17, 15) is 0 Å². The Morgan fingerprint density at radius 1 is 0.944 bits per heavy atom. The summed E-state index contributed by atoms with van der Waals surface area (Å²) >= 11 is 0. The van der Waals surface area contributed by atoms with E-state index in [2.05, 4.69) is 56.1 Å². The van der Waals surface area contributed by atoms with Crippen LogP contribution in [-0.2, 0) is 0 Å². The summed E-state index contributed by atoms with van der Waals surface area (Å²) in [5.74, 6) is 0. The number of hydrogen-bond donors (Lipinski definition) is 1. The Kier molecular flexibility index (Phi) is 4.28. The quantitative estimate of drug-likeness (QED) is 0.818. The van der Waals surface area contributed by atoms with Gasteiger partial charge in [-0.05, 0) is 63.8 Å². The average molecular weight is 246 g/mol. The normalized spacial score (nSPS) is 25.7. The standard InChI is InChI=1S/C16H26N2/c1-12-9-13(2)11-16(10-12)18-7-5-14(3)17-15(4)6-8-18/h9-11,14-15,17H,5-8H2,1-4H3. The molecular formula is C16H26N2. The van der Waals surface area contributed by atoms with Gasteiger partial charge >= 0.3 is 0 Å². The Morgan fingerprint density at radius 2 is 1.44 bits per heavy atom. The van der Waals surface area contributed by atoms with E-state index < -0.39 is 0 Å². The average Bonchev–Trinajstić information content (AvgIpc) is 2.25. The maximum absolute atomic E-state index is 3.65. The minimum absolute atomic E-state index is 0.619. The molecule has 0 aliphatic carbocycles. The van der Waals surface area contributed by atoms with E-state index in [1.54, 1.807) is 0 Å². The summed E-state index contributed by atoms with van der Waals surface area (Å²) in [4.78, 5) is 2.55. The lowest BCUT2D eigenvalue weighted by Gasteiger charge is -2.32. The lowest BCUT2D eigenvalue weighted by molar-refractivity contribution is 0.404. The van der Waals surface area contributed by atoms with E-state index in [1.165, 1.54) is 29.7 Å². The fourth-order valence-electron chi connectivity index (χ4n) is 2.85. The Balaban J connectivity index is 2.15. The van der Waals surface area contributed by atoms with Crippen LogP contribution in [0.1, 0.15) is 37.8 Å². The van der Waals surface area contributed by atoms with Gasteiger partial charge in [-0.2, -0.15) is 0 Å². The van der Waals surface area contributed by atoms with Gasteiger partial charge in [0.05, 0.1) is 0 Å². The van der Waals surface area contributed by atoms with Gasteiger partial charge in [-0.1, -0.05) is 6.07 Å². The van der Waals surface area contributed by atoms with Crippen LogP contribution in [0.5, 0.6) is 0 Å². The molecule has 1 heterocycles. The third-order valence-electron chi connectivity index (χ3n) is 3.80. The van der Waals surface area contributed by atoms with Crippen molar-refractivity contribution in [2.45, 2.75) is 52.6 Å². The molecule has 1 fully saturated rings. The van der Waals surface area contributed by atoms with Gasteiger partial charge in [0.2, 0.25) is 0 Å². The highest BCUT2D eigenvalue weighted by molar-refractivity contribution is 5.51. The molecule has 2 nitrogen and oxygen atoms in total. The van der Waals surface area contributed by atoms with E-state index in [4.69, 9.17) is 0 Å². The van der Waals surface area contributed by atoms with Crippen molar-refractivity contribution in [3.63, 3.8) is 0 Å².